The van der Waals surface area contributed by atoms with E-state index in [0.29, 0.717) is 17.0 Å². The number of aromatic nitrogens is 7. The number of hydrogen-bond acceptors (Lipinski definition) is 12. The van der Waals surface area contributed by atoms with E-state index in [0.717, 1.165) is 0 Å². The largest absolute Gasteiger partial charge is 0.497 e. The molecule has 3 heterocycles. The first-order valence-electron chi connectivity index (χ1n) is 12.5. The van der Waals surface area contributed by atoms with Crippen LogP contribution in [-0.2, 0) is 26.5 Å². The van der Waals surface area contributed by atoms with Gasteiger partial charge in [-0.05, 0) is 41.1 Å². The molecule has 0 radical (unpaired) electrons. The van der Waals surface area contributed by atoms with Crippen LogP contribution in [0.2, 0.25) is 0 Å². The molecule has 5 rings (SSSR count). The van der Waals surface area contributed by atoms with Gasteiger partial charge in [-0.2, -0.15) is 5.21 Å². The Morgan fingerprint density at radius 1 is 0.977 bits per heavy atom. The topological polar surface area (TPSA) is 233 Å². The molecule has 0 bridgehead atoms. The third-order valence-corrected chi connectivity index (χ3v) is 9.31. The van der Waals surface area contributed by atoms with Crippen molar-refractivity contribution in [1.82, 2.24) is 40.3 Å². The highest BCUT2D eigenvalue weighted by atomic mass is 32.2. The molecule has 0 atom stereocenters. The first-order valence-corrected chi connectivity index (χ1v) is 15.4. The summed E-state index contributed by atoms with van der Waals surface area (Å²) < 4.78 is 71.6. The highest BCUT2D eigenvalue weighted by Gasteiger charge is 2.34. The molecule has 3 aromatic heterocycles. The fraction of sp³-hybridized carbons (Fsp3) is 0.160. The number of nitrogens with two attached hydrogens (primary N) is 1. The standard InChI is InChI=1S/C25H26N10O6S2/c1-40-17-4-6-20(41-2)19(11-17)33-43(38,39)24-21(42(36,37)30-10-9-16-13-27-14-29-16)7-5-18(15-3-8-22(26)28-12-15)23(24)25-31-34-35-32-25/h3-8,11-14,30,33H,9-10H2,1-2H3,(H2,26,28)(H,27,29)(H,31,32,34,35). The molecular formula is C25H26N10O6S2. The first kappa shape index (κ1) is 29.4. The lowest BCUT2D eigenvalue weighted by atomic mass is 10.0. The van der Waals surface area contributed by atoms with E-state index in [2.05, 4.69) is 45.0 Å². The van der Waals surface area contributed by atoms with Crippen molar-refractivity contribution in [3.8, 4) is 34.0 Å². The van der Waals surface area contributed by atoms with Gasteiger partial charge in [-0.3, -0.25) is 4.72 Å². The lowest BCUT2D eigenvalue weighted by Crippen LogP contribution is -2.29. The molecule has 0 unspecified atom stereocenters. The lowest BCUT2D eigenvalue weighted by Gasteiger charge is -2.19. The second kappa shape index (κ2) is 12.0. The molecule has 0 amide bonds. The highest BCUT2D eigenvalue weighted by Crippen LogP contribution is 2.41. The first-order chi connectivity index (χ1) is 20.6. The van der Waals surface area contributed by atoms with Crippen molar-refractivity contribution < 1.29 is 26.3 Å². The van der Waals surface area contributed by atoms with Crippen LogP contribution < -0.4 is 24.7 Å². The summed E-state index contributed by atoms with van der Waals surface area (Å²) in [4.78, 5) is 9.77. The van der Waals surface area contributed by atoms with Gasteiger partial charge in [-0.1, -0.05) is 6.07 Å². The summed E-state index contributed by atoms with van der Waals surface area (Å²) in [5, 5.41) is 13.9. The molecule has 43 heavy (non-hydrogen) atoms. The molecule has 2 aromatic carbocycles. The van der Waals surface area contributed by atoms with Crippen molar-refractivity contribution in [2.75, 3.05) is 31.2 Å². The van der Waals surface area contributed by atoms with Gasteiger partial charge in [0.05, 0.1) is 37.5 Å². The molecule has 224 valence electrons. The minimum absolute atomic E-state index is 0.00435. The number of imidazole rings is 1. The summed E-state index contributed by atoms with van der Waals surface area (Å²) in [5.41, 5.74) is 6.89. The van der Waals surface area contributed by atoms with Crippen LogP contribution in [0.3, 0.4) is 0 Å². The van der Waals surface area contributed by atoms with Gasteiger partial charge < -0.3 is 20.2 Å². The monoisotopic (exact) mass is 626 g/mol. The van der Waals surface area contributed by atoms with E-state index < -0.39 is 29.8 Å². The van der Waals surface area contributed by atoms with Gasteiger partial charge in [0, 0.05) is 37.0 Å². The van der Waals surface area contributed by atoms with Crippen LogP contribution in [0.4, 0.5) is 11.5 Å². The minimum atomic E-state index is -4.74. The molecule has 0 aliphatic rings. The van der Waals surface area contributed by atoms with Gasteiger partial charge in [0.15, 0.2) is 0 Å². The van der Waals surface area contributed by atoms with Crippen LogP contribution in [0, 0.1) is 0 Å². The van der Waals surface area contributed by atoms with Gasteiger partial charge in [0.2, 0.25) is 15.8 Å². The smallest absolute Gasteiger partial charge is 0.264 e. The predicted molar refractivity (Wildman–Crippen MR) is 155 cm³/mol. The van der Waals surface area contributed by atoms with Crippen LogP contribution in [-0.4, -0.2) is 73.2 Å². The molecule has 0 saturated carbocycles. The number of tetrazole rings is 1. The Morgan fingerprint density at radius 3 is 2.47 bits per heavy atom. The van der Waals surface area contributed by atoms with E-state index in [1.54, 1.807) is 18.3 Å². The quantitative estimate of drug-likeness (QED) is 0.133. The van der Waals surface area contributed by atoms with E-state index >= 15 is 0 Å². The summed E-state index contributed by atoms with van der Waals surface area (Å²) in [6.45, 7) is -0.0645. The molecule has 0 aliphatic heterocycles. The van der Waals surface area contributed by atoms with Gasteiger partial charge in [0.1, 0.15) is 27.1 Å². The Balaban J connectivity index is 1.73. The number of nitrogens with zero attached hydrogens (tertiary/aromatic N) is 5. The third-order valence-electron chi connectivity index (χ3n) is 6.23. The van der Waals surface area contributed by atoms with Crippen molar-refractivity contribution in [2.24, 2.45) is 0 Å². The Kier molecular flexibility index (Phi) is 8.24. The van der Waals surface area contributed by atoms with Crippen molar-refractivity contribution in [3.63, 3.8) is 0 Å². The minimum Gasteiger partial charge on any atom is -0.497 e. The number of H-pyrrole nitrogens is 2. The molecule has 16 nitrogen and oxygen atoms in total. The lowest BCUT2D eigenvalue weighted by molar-refractivity contribution is 0.405. The summed E-state index contributed by atoms with van der Waals surface area (Å²) in [6.07, 6.45) is 4.75. The predicted octanol–water partition coefficient (Wildman–Crippen LogP) is 1.57. The third kappa shape index (κ3) is 6.25. The zero-order valence-corrected chi connectivity index (χ0v) is 24.4. The summed E-state index contributed by atoms with van der Waals surface area (Å²) >= 11 is 0. The number of sulfonamides is 2. The number of benzene rings is 2. The van der Waals surface area contributed by atoms with Crippen LogP contribution >= 0.6 is 0 Å². The van der Waals surface area contributed by atoms with Crippen LogP contribution in [0.1, 0.15) is 5.69 Å². The van der Waals surface area contributed by atoms with Crippen molar-refractivity contribution in [3.05, 3.63) is 66.9 Å². The molecule has 5 aromatic rings. The van der Waals surface area contributed by atoms with Gasteiger partial charge in [-0.15, -0.1) is 10.2 Å². The number of methoxy groups -OCH3 is 2. The zero-order chi connectivity index (χ0) is 30.6. The van der Waals surface area contributed by atoms with Crippen LogP contribution in [0.5, 0.6) is 11.5 Å². The SMILES string of the molecule is COc1ccc(OC)c(NS(=O)(=O)c2c(S(=O)(=O)NCCc3c[nH]cn3)ccc(-c3ccc(N)nc3)c2-c2nn[nH]n2)c1. The van der Waals surface area contributed by atoms with Crippen molar-refractivity contribution >= 4 is 31.6 Å². The summed E-state index contributed by atoms with van der Waals surface area (Å²) in [7, 11) is -6.42. The number of nitrogens with one attached hydrogen (secondary N) is 4. The fourth-order valence-corrected chi connectivity index (χ4v) is 7.38. The number of anilines is 2. The number of ether oxygens (including phenoxy) is 2. The second-order valence-electron chi connectivity index (χ2n) is 8.90. The summed E-state index contributed by atoms with van der Waals surface area (Å²) in [6, 6.07) is 10.2. The summed E-state index contributed by atoms with van der Waals surface area (Å²) in [5.74, 6) is 0.528. The average Bonchev–Trinajstić information content (AvgIpc) is 3.72. The van der Waals surface area contributed by atoms with Crippen molar-refractivity contribution in [1.29, 1.82) is 0 Å². The van der Waals surface area contributed by atoms with E-state index in [-0.39, 0.29) is 47.2 Å². The fourth-order valence-electron chi connectivity index (χ4n) is 4.25. The van der Waals surface area contributed by atoms with Gasteiger partial charge in [-0.25, -0.2) is 31.5 Å². The van der Waals surface area contributed by atoms with Crippen molar-refractivity contribution in [2.45, 2.75) is 16.2 Å². The van der Waals surface area contributed by atoms with E-state index in [1.165, 1.54) is 57.1 Å². The Bertz CT molecular complexity index is 1930. The number of pyridine rings is 1. The molecule has 18 heteroatoms. The van der Waals surface area contributed by atoms with E-state index in [9.17, 15) is 16.8 Å². The maximum absolute atomic E-state index is 14.3. The second-order valence-corrected chi connectivity index (χ2v) is 12.3. The number of rotatable bonds is 12. The highest BCUT2D eigenvalue weighted by molar-refractivity contribution is 7.94. The Labute approximate surface area is 246 Å². The Morgan fingerprint density at radius 2 is 1.81 bits per heavy atom. The molecule has 6 N–H and O–H groups in total. The molecular weight excluding hydrogens is 600 g/mol. The number of nitrogen functional groups attached to an aromatic ring is 1. The van der Waals surface area contributed by atoms with Gasteiger partial charge in [0.25, 0.3) is 10.0 Å². The van der Waals surface area contributed by atoms with E-state index in [1.807, 2.05) is 0 Å². The molecule has 0 fully saturated rings. The normalized spacial score (nSPS) is 11.8. The van der Waals surface area contributed by atoms with Gasteiger partial charge >= 0.3 is 0 Å². The number of hydrogen-bond donors (Lipinski definition) is 5. The average molecular weight is 627 g/mol. The number of aromatic amines is 2. The maximum atomic E-state index is 14.3. The Hall–Kier alpha value is -5.07. The molecule has 0 saturated heterocycles. The van der Waals surface area contributed by atoms with E-state index in [4.69, 9.17) is 15.2 Å². The van der Waals surface area contributed by atoms with Crippen LogP contribution in [0.25, 0.3) is 22.5 Å². The van der Waals surface area contributed by atoms with Crippen LogP contribution in [0.15, 0.2) is 71.0 Å². The molecule has 0 aliphatic carbocycles. The molecule has 0 spiro atoms. The maximum Gasteiger partial charge on any atom is 0.264 e. The zero-order valence-electron chi connectivity index (χ0n) is 22.8.